The van der Waals surface area contributed by atoms with Crippen molar-refractivity contribution in [3.05, 3.63) is 29.3 Å². The Kier molecular flexibility index (Phi) is 4.43. The van der Waals surface area contributed by atoms with Crippen LogP contribution in [0, 0.1) is 6.92 Å². The van der Waals surface area contributed by atoms with Crippen molar-refractivity contribution in [1.82, 2.24) is 4.90 Å². The lowest BCUT2D eigenvalue weighted by atomic mass is 10.1. The Bertz CT molecular complexity index is 457. The Labute approximate surface area is 114 Å². The molecule has 1 aliphatic heterocycles. The van der Waals surface area contributed by atoms with Crippen LogP contribution in [0.5, 0.6) is 5.75 Å². The summed E-state index contributed by atoms with van der Waals surface area (Å²) in [5, 5.41) is 9.88. The molecule has 1 amide bonds. The van der Waals surface area contributed by atoms with Crippen molar-refractivity contribution in [1.29, 1.82) is 0 Å². The highest BCUT2D eigenvalue weighted by Gasteiger charge is 2.26. The molecular weight excluding hydrogens is 242 g/mol. The average molecular weight is 263 g/mol. The topological polar surface area (TPSA) is 49.8 Å². The fraction of sp³-hybridized carbons (Fsp3) is 0.533. The third-order valence-corrected chi connectivity index (χ3v) is 3.45. The summed E-state index contributed by atoms with van der Waals surface area (Å²) < 4.78 is 5.59. The van der Waals surface area contributed by atoms with E-state index in [2.05, 4.69) is 0 Å². The van der Waals surface area contributed by atoms with Crippen molar-refractivity contribution in [2.75, 3.05) is 19.7 Å². The Balaban J connectivity index is 2.10. The summed E-state index contributed by atoms with van der Waals surface area (Å²) in [5.41, 5.74) is 1.32. The van der Waals surface area contributed by atoms with Gasteiger partial charge in [-0.25, -0.2) is 0 Å². The molecule has 19 heavy (non-hydrogen) atoms. The van der Waals surface area contributed by atoms with Crippen molar-refractivity contribution in [3.63, 3.8) is 0 Å². The molecular formula is C15H21NO3. The zero-order valence-corrected chi connectivity index (χ0v) is 11.6. The lowest BCUT2D eigenvalue weighted by molar-refractivity contribution is 0.00714. The van der Waals surface area contributed by atoms with E-state index in [1.165, 1.54) is 0 Å². The number of phenols is 1. The van der Waals surface area contributed by atoms with Crippen molar-refractivity contribution in [3.8, 4) is 5.75 Å². The first-order valence-electron chi connectivity index (χ1n) is 6.82. The van der Waals surface area contributed by atoms with E-state index in [-0.39, 0.29) is 17.8 Å². The number of aryl methyl sites for hydroxylation is 1. The summed E-state index contributed by atoms with van der Waals surface area (Å²) in [4.78, 5) is 14.2. The molecule has 1 aromatic rings. The van der Waals surface area contributed by atoms with Crippen LogP contribution in [-0.4, -0.2) is 41.7 Å². The first-order chi connectivity index (χ1) is 9.11. The lowest BCUT2D eigenvalue weighted by Crippen LogP contribution is -2.43. The van der Waals surface area contributed by atoms with Gasteiger partial charge < -0.3 is 14.7 Å². The molecule has 104 valence electrons. The van der Waals surface area contributed by atoms with Crippen molar-refractivity contribution in [2.45, 2.75) is 32.8 Å². The van der Waals surface area contributed by atoms with Crippen LogP contribution in [0.25, 0.3) is 0 Å². The molecule has 1 unspecified atom stereocenters. The van der Waals surface area contributed by atoms with Crippen LogP contribution in [0.1, 0.15) is 35.7 Å². The fourth-order valence-corrected chi connectivity index (χ4v) is 2.49. The molecule has 1 saturated heterocycles. The van der Waals surface area contributed by atoms with Gasteiger partial charge >= 0.3 is 0 Å². The zero-order valence-electron chi connectivity index (χ0n) is 11.6. The zero-order chi connectivity index (χ0) is 13.8. The number of amides is 1. The first-order valence-corrected chi connectivity index (χ1v) is 6.82. The molecule has 1 atom stereocenters. The molecule has 4 nitrogen and oxygen atoms in total. The molecule has 0 spiro atoms. The van der Waals surface area contributed by atoms with E-state index >= 15 is 0 Å². The smallest absolute Gasteiger partial charge is 0.257 e. The fourth-order valence-electron chi connectivity index (χ4n) is 2.49. The number of rotatable bonds is 3. The third-order valence-electron chi connectivity index (χ3n) is 3.45. The van der Waals surface area contributed by atoms with Crippen LogP contribution in [0.3, 0.4) is 0 Å². The van der Waals surface area contributed by atoms with Crippen LogP contribution in [0.15, 0.2) is 18.2 Å². The van der Waals surface area contributed by atoms with E-state index in [1.54, 1.807) is 17.0 Å². The number of hydrogen-bond acceptors (Lipinski definition) is 3. The minimum atomic E-state index is -0.109. The number of phenolic OH excluding ortho intramolecular Hbond substituents is 1. The Morgan fingerprint density at radius 2 is 2.32 bits per heavy atom. The monoisotopic (exact) mass is 263 g/mol. The molecule has 0 bridgehead atoms. The average Bonchev–Trinajstić information content (AvgIpc) is 2.39. The van der Waals surface area contributed by atoms with E-state index < -0.39 is 0 Å². The number of hydrogen-bond donors (Lipinski definition) is 1. The number of aromatic hydroxyl groups is 1. The van der Waals surface area contributed by atoms with Gasteiger partial charge in [0.2, 0.25) is 0 Å². The van der Waals surface area contributed by atoms with Gasteiger partial charge in [-0.15, -0.1) is 0 Å². The van der Waals surface area contributed by atoms with E-state index in [0.717, 1.165) is 24.9 Å². The molecule has 0 aliphatic carbocycles. The largest absolute Gasteiger partial charge is 0.507 e. The summed E-state index contributed by atoms with van der Waals surface area (Å²) >= 11 is 0. The number of piperidine rings is 1. The molecule has 0 radical (unpaired) electrons. The van der Waals surface area contributed by atoms with E-state index in [0.29, 0.717) is 18.7 Å². The van der Waals surface area contributed by atoms with Gasteiger partial charge in [0.15, 0.2) is 0 Å². The van der Waals surface area contributed by atoms with Crippen LogP contribution in [-0.2, 0) is 4.74 Å². The van der Waals surface area contributed by atoms with Gasteiger partial charge in [0.25, 0.3) is 5.91 Å². The standard InChI is InChI=1S/C15H21NO3/c1-3-19-12-5-4-8-16(10-12)15(18)13-7-6-11(2)9-14(13)17/h6-7,9,12,17H,3-5,8,10H2,1-2H3. The summed E-state index contributed by atoms with van der Waals surface area (Å²) in [6, 6.07) is 5.16. The highest BCUT2D eigenvalue weighted by Crippen LogP contribution is 2.22. The normalized spacial score (nSPS) is 19.5. The van der Waals surface area contributed by atoms with Gasteiger partial charge in [-0.2, -0.15) is 0 Å². The van der Waals surface area contributed by atoms with E-state index in [4.69, 9.17) is 4.74 Å². The minimum absolute atomic E-state index is 0.0588. The molecule has 0 aromatic heterocycles. The second-order valence-corrected chi connectivity index (χ2v) is 4.99. The Morgan fingerprint density at radius 3 is 3.00 bits per heavy atom. The van der Waals surface area contributed by atoms with Crippen LogP contribution in [0.2, 0.25) is 0 Å². The summed E-state index contributed by atoms with van der Waals surface area (Å²) in [5.74, 6) is -0.0505. The van der Waals surface area contributed by atoms with Crippen molar-refractivity contribution in [2.24, 2.45) is 0 Å². The molecule has 4 heteroatoms. The summed E-state index contributed by atoms with van der Waals surface area (Å²) in [6.07, 6.45) is 2.07. The maximum Gasteiger partial charge on any atom is 0.257 e. The molecule has 1 fully saturated rings. The number of benzene rings is 1. The summed E-state index contributed by atoms with van der Waals surface area (Å²) in [6.45, 7) is 5.87. The molecule has 1 aliphatic rings. The van der Waals surface area contributed by atoms with Gasteiger partial charge in [0.1, 0.15) is 5.75 Å². The third kappa shape index (κ3) is 3.26. The lowest BCUT2D eigenvalue weighted by Gasteiger charge is -2.32. The number of ether oxygens (including phenoxy) is 1. The predicted molar refractivity (Wildman–Crippen MR) is 73.4 cm³/mol. The maximum atomic E-state index is 12.4. The number of nitrogens with zero attached hydrogens (tertiary/aromatic N) is 1. The number of carbonyl (C=O) groups is 1. The van der Waals surface area contributed by atoms with Gasteiger partial charge in [-0.1, -0.05) is 6.07 Å². The van der Waals surface area contributed by atoms with Gasteiger partial charge in [0, 0.05) is 19.7 Å². The van der Waals surface area contributed by atoms with Crippen LogP contribution < -0.4 is 0 Å². The van der Waals surface area contributed by atoms with Gasteiger partial charge in [-0.05, 0) is 44.4 Å². The van der Waals surface area contributed by atoms with E-state index in [9.17, 15) is 9.90 Å². The highest BCUT2D eigenvalue weighted by atomic mass is 16.5. The first kappa shape index (κ1) is 13.9. The molecule has 2 rings (SSSR count). The number of likely N-dealkylation sites (tertiary alicyclic amines) is 1. The molecule has 1 aromatic carbocycles. The quantitative estimate of drug-likeness (QED) is 0.910. The van der Waals surface area contributed by atoms with Crippen LogP contribution >= 0.6 is 0 Å². The maximum absolute atomic E-state index is 12.4. The SMILES string of the molecule is CCOC1CCCN(C(=O)c2ccc(C)cc2O)C1. The Morgan fingerprint density at radius 1 is 1.53 bits per heavy atom. The predicted octanol–water partition coefficient (Wildman–Crippen LogP) is 2.34. The molecule has 0 saturated carbocycles. The van der Waals surface area contributed by atoms with Gasteiger partial charge in [0.05, 0.1) is 11.7 Å². The minimum Gasteiger partial charge on any atom is -0.507 e. The van der Waals surface area contributed by atoms with E-state index in [1.807, 2.05) is 19.9 Å². The van der Waals surface area contributed by atoms with Crippen LogP contribution in [0.4, 0.5) is 0 Å². The van der Waals surface area contributed by atoms with Gasteiger partial charge in [-0.3, -0.25) is 4.79 Å². The summed E-state index contributed by atoms with van der Waals surface area (Å²) in [7, 11) is 0. The Hall–Kier alpha value is -1.55. The van der Waals surface area contributed by atoms with Crippen molar-refractivity contribution >= 4 is 5.91 Å². The second-order valence-electron chi connectivity index (χ2n) is 4.99. The van der Waals surface area contributed by atoms with Crippen molar-refractivity contribution < 1.29 is 14.6 Å². The number of carbonyl (C=O) groups excluding carboxylic acids is 1. The highest BCUT2D eigenvalue weighted by molar-refractivity contribution is 5.97. The molecule has 1 N–H and O–H groups in total. The molecule has 1 heterocycles. The second kappa shape index (κ2) is 6.06.